The summed E-state index contributed by atoms with van der Waals surface area (Å²) in [5.74, 6) is -1.79. The summed E-state index contributed by atoms with van der Waals surface area (Å²) in [6.45, 7) is 5.20. The van der Waals surface area contributed by atoms with Crippen LogP contribution in [0.2, 0.25) is 0 Å². The number of hydrogen-bond donors (Lipinski definition) is 0. The predicted molar refractivity (Wildman–Crippen MR) is 100.0 cm³/mol. The molecule has 1 saturated heterocycles. The summed E-state index contributed by atoms with van der Waals surface area (Å²) in [5.41, 5.74) is -1.70. The van der Waals surface area contributed by atoms with Gasteiger partial charge in [0.2, 0.25) is 11.8 Å². The Morgan fingerprint density at radius 1 is 1.30 bits per heavy atom. The number of benzene rings is 1. The number of nitrogens with zero attached hydrogens (tertiary/aromatic N) is 1. The van der Waals surface area contributed by atoms with Gasteiger partial charge in [-0.15, -0.1) is 0 Å². The highest BCUT2D eigenvalue weighted by atomic mass is 19.1. The van der Waals surface area contributed by atoms with Crippen LogP contribution >= 0.6 is 0 Å². The maximum absolute atomic E-state index is 13.7. The number of halogens is 1. The number of amides is 2. The number of carbonyl (C=O) groups excluding carboxylic acids is 3. The summed E-state index contributed by atoms with van der Waals surface area (Å²) in [5, 5.41) is 0. The van der Waals surface area contributed by atoms with E-state index in [-0.39, 0.29) is 31.0 Å². The van der Waals surface area contributed by atoms with Crippen molar-refractivity contribution in [3.8, 4) is 0 Å². The molecule has 1 aliphatic rings. The summed E-state index contributed by atoms with van der Waals surface area (Å²) in [6, 6.07) is 6.36. The van der Waals surface area contributed by atoms with Crippen LogP contribution in [-0.2, 0) is 19.1 Å². The van der Waals surface area contributed by atoms with Gasteiger partial charge < -0.3 is 4.74 Å². The molecule has 0 aromatic heterocycles. The SMILES string of the molecule is CN1C(=O)CCC(CC/C=C/c2ccccc2F)(C(=O)OC(C)(C)C)C1=O. The molecule has 146 valence electrons. The highest BCUT2D eigenvalue weighted by Crippen LogP contribution is 2.38. The monoisotopic (exact) mass is 375 g/mol. The first-order valence-corrected chi connectivity index (χ1v) is 9.02. The fourth-order valence-electron chi connectivity index (χ4n) is 3.08. The van der Waals surface area contributed by atoms with Crippen molar-refractivity contribution in [2.24, 2.45) is 5.41 Å². The first-order valence-electron chi connectivity index (χ1n) is 9.02. The summed E-state index contributed by atoms with van der Waals surface area (Å²) >= 11 is 0. The van der Waals surface area contributed by atoms with Crippen molar-refractivity contribution < 1.29 is 23.5 Å². The largest absolute Gasteiger partial charge is 0.459 e. The fourth-order valence-corrected chi connectivity index (χ4v) is 3.08. The number of rotatable bonds is 5. The fraction of sp³-hybridized carbons (Fsp3) is 0.476. The van der Waals surface area contributed by atoms with E-state index < -0.39 is 22.9 Å². The first-order chi connectivity index (χ1) is 12.6. The van der Waals surface area contributed by atoms with Crippen LogP contribution in [0.5, 0.6) is 0 Å². The zero-order chi connectivity index (χ0) is 20.2. The Hall–Kier alpha value is -2.50. The Labute approximate surface area is 159 Å². The van der Waals surface area contributed by atoms with Crippen LogP contribution in [0.4, 0.5) is 4.39 Å². The average Bonchev–Trinajstić information content (AvgIpc) is 2.58. The number of imide groups is 1. The molecule has 1 aromatic carbocycles. The second kappa shape index (κ2) is 8.03. The van der Waals surface area contributed by atoms with Crippen LogP contribution < -0.4 is 0 Å². The van der Waals surface area contributed by atoms with Gasteiger partial charge in [0.05, 0.1) is 0 Å². The van der Waals surface area contributed by atoms with E-state index in [9.17, 15) is 18.8 Å². The van der Waals surface area contributed by atoms with Gasteiger partial charge in [-0.05, 0) is 46.1 Å². The third-order valence-corrected chi connectivity index (χ3v) is 4.58. The number of carbonyl (C=O) groups is 3. The molecular formula is C21H26FNO4. The second-order valence-electron chi connectivity index (χ2n) is 7.80. The lowest BCUT2D eigenvalue weighted by molar-refractivity contribution is -0.178. The number of ether oxygens (including phenoxy) is 1. The normalized spacial score (nSPS) is 21.0. The smallest absolute Gasteiger partial charge is 0.322 e. The average molecular weight is 375 g/mol. The minimum atomic E-state index is -1.39. The molecule has 5 nitrogen and oxygen atoms in total. The van der Waals surface area contributed by atoms with Gasteiger partial charge in [0, 0.05) is 19.0 Å². The number of piperidine rings is 1. The zero-order valence-corrected chi connectivity index (χ0v) is 16.3. The maximum atomic E-state index is 13.7. The minimum Gasteiger partial charge on any atom is -0.459 e. The Kier molecular flexibility index (Phi) is 6.19. The molecule has 1 fully saturated rings. The number of allylic oxidation sites excluding steroid dienone is 1. The van der Waals surface area contributed by atoms with Crippen molar-refractivity contribution in [3.63, 3.8) is 0 Å². The molecule has 0 aliphatic carbocycles. The molecule has 1 atom stereocenters. The molecule has 1 unspecified atom stereocenters. The van der Waals surface area contributed by atoms with Crippen molar-refractivity contribution in [3.05, 3.63) is 41.7 Å². The zero-order valence-electron chi connectivity index (χ0n) is 16.3. The van der Waals surface area contributed by atoms with Gasteiger partial charge in [0.15, 0.2) is 0 Å². The van der Waals surface area contributed by atoms with Crippen molar-refractivity contribution in [2.75, 3.05) is 7.05 Å². The quantitative estimate of drug-likeness (QED) is 0.447. The van der Waals surface area contributed by atoms with E-state index in [1.54, 1.807) is 51.1 Å². The van der Waals surface area contributed by atoms with E-state index in [2.05, 4.69) is 0 Å². The van der Waals surface area contributed by atoms with Crippen molar-refractivity contribution >= 4 is 23.9 Å². The third kappa shape index (κ3) is 4.81. The van der Waals surface area contributed by atoms with Gasteiger partial charge >= 0.3 is 5.97 Å². The first kappa shape index (κ1) is 20.8. The van der Waals surface area contributed by atoms with Gasteiger partial charge in [-0.2, -0.15) is 0 Å². The van der Waals surface area contributed by atoms with Crippen LogP contribution in [0.3, 0.4) is 0 Å². The van der Waals surface area contributed by atoms with E-state index in [1.165, 1.54) is 13.1 Å². The van der Waals surface area contributed by atoms with E-state index in [4.69, 9.17) is 4.74 Å². The topological polar surface area (TPSA) is 63.7 Å². The van der Waals surface area contributed by atoms with Gasteiger partial charge in [-0.3, -0.25) is 19.3 Å². The third-order valence-electron chi connectivity index (χ3n) is 4.58. The summed E-state index contributed by atoms with van der Waals surface area (Å²) < 4.78 is 19.2. The molecule has 0 bridgehead atoms. The van der Waals surface area contributed by atoms with Gasteiger partial charge in [0.1, 0.15) is 16.8 Å². The Morgan fingerprint density at radius 3 is 2.59 bits per heavy atom. The molecule has 1 aromatic rings. The molecule has 27 heavy (non-hydrogen) atoms. The minimum absolute atomic E-state index is 0.110. The number of esters is 1. The van der Waals surface area contributed by atoms with Gasteiger partial charge in [0.25, 0.3) is 0 Å². The van der Waals surface area contributed by atoms with Gasteiger partial charge in [-0.1, -0.05) is 30.4 Å². The van der Waals surface area contributed by atoms with E-state index >= 15 is 0 Å². The molecule has 0 N–H and O–H groups in total. The lowest BCUT2D eigenvalue weighted by Crippen LogP contribution is -2.55. The van der Waals surface area contributed by atoms with Crippen LogP contribution in [0.15, 0.2) is 30.3 Å². The predicted octanol–water partition coefficient (Wildman–Crippen LogP) is 3.73. The number of hydrogen-bond acceptors (Lipinski definition) is 4. The van der Waals surface area contributed by atoms with Crippen LogP contribution in [0, 0.1) is 11.2 Å². The van der Waals surface area contributed by atoms with E-state index in [0.29, 0.717) is 12.0 Å². The van der Waals surface area contributed by atoms with E-state index in [1.807, 2.05) is 0 Å². The van der Waals surface area contributed by atoms with Crippen molar-refractivity contribution in [1.29, 1.82) is 0 Å². The highest BCUT2D eigenvalue weighted by Gasteiger charge is 2.52. The Morgan fingerprint density at radius 2 is 1.96 bits per heavy atom. The summed E-state index contributed by atoms with van der Waals surface area (Å²) in [4.78, 5) is 38.5. The molecule has 6 heteroatoms. The Bertz CT molecular complexity index is 766. The Balaban J connectivity index is 2.20. The molecule has 0 spiro atoms. The van der Waals surface area contributed by atoms with Crippen LogP contribution in [0.1, 0.15) is 52.0 Å². The van der Waals surface area contributed by atoms with Crippen molar-refractivity contribution in [2.45, 2.75) is 52.1 Å². The lowest BCUT2D eigenvalue weighted by Gasteiger charge is -2.38. The lowest BCUT2D eigenvalue weighted by atomic mass is 9.75. The molecule has 2 rings (SSSR count). The number of likely N-dealkylation sites (tertiary alicyclic amines) is 1. The highest BCUT2D eigenvalue weighted by molar-refractivity contribution is 6.10. The van der Waals surface area contributed by atoms with Crippen molar-refractivity contribution in [1.82, 2.24) is 4.90 Å². The summed E-state index contributed by atoms with van der Waals surface area (Å²) in [6.07, 6.45) is 4.16. The molecule has 0 radical (unpaired) electrons. The molecule has 1 heterocycles. The van der Waals surface area contributed by atoms with Gasteiger partial charge in [-0.25, -0.2) is 4.39 Å². The van der Waals surface area contributed by atoms with Crippen LogP contribution in [-0.4, -0.2) is 35.3 Å². The molecular weight excluding hydrogens is 349 g/mol. The molecule has 2 amide bonds. The standard InChI is InChI=1S/C21H26FNO4/c1-20(2,3)27-19(26)21(14-12-17(24)23(4)18(21)25)13-8-7-10-15-9-5-6-11-16(15)22/h5-7,9-11H,8,12-14H2,1-4H3/b10-7+. The molecule has 1 aliphatic heterocycles. The maximum Gasteiger partial charge on any atom is 0.322 e. The molecule has 0 saturated carbocycles. The second-order valence-corrected chi connectivity index (χ2v) is 7.80. The van der Waals surface area contributed by atoms with Crippen LogP contribution in [0.25, 0.3) is 6.08 Å². The van der Waals surface area contributed by atoms with E-state index in [0.717, 1.165) is 4.90 Å². The summed E-state index contributed by atoms with van der Waals surface area (Å²) in [7, 11) is 1.39.